The van der Waals surface area contributed by atoms with Crippen LogP contribution >= 0.6 is 0 Å². The van der Waals surface area contributed by atoms with Gasteiger partial charge >= 0.3 is 0 Å². The number of likely N-dealkylation sites (N-methyl/N-ethyl adjacent to an activating group) is 1. The number of nitrogens with zero attached hydrogens (tertiary/aromatic N) is 2. The second-order valence-corrected chi connectivity index (χ2v) is 7.24. The number of rotatable bonds is 4. The molecule has 1 heterocycles. The summed E-state index contributed by atoms with van der Waals surface area (Å²) in [5.41, 5.74) is 0. The van der Waals surface area contributed by atoms with E-state index in [1.54, 1.807) is 0 Å². The lowest BCUT2D eigenvalue weighted by Gasteiger charge is -2.37. The SMILES string of the molecule is CC1CCN(C(=O)C(C)N(C)CC2CCCCC2O)CC1. The molecule has 1 aliphatic carbocycles. The van der Waals surface area contributed by atoms with Gasteiger partial charge in [-0.25, -0.2) is 0 Å². The second-order valence-electron chi connectivity index (χ2n) is 7.24. The van der Waals surface area contributed by atoms with Gasteiger partial charge < -0.3 is 10.0 Å². The third-order valence-electron chi connectivity index (χ3n) is 5.51. The first-order valence-corrected chi connectivity index (χ1v) is 8.66. The van der Waals surface area contributed by atoms with Gasteiger partial charge in [-0.05, 0) is 51.5 Å². The van der Waals surface area contributed by atoms with Gasteiger partial charge in [-0.15, -0.1) is 0 Å². The fraction of sp³-hybridized carbons (Fsp3) is 0.941. The molecule has 1 aliphatic heterocycles. The Hall–Kier alpha value is -0.610. The minimum absolute atomic E-state index is 0.0764. The van der Waals surface area contributed by atoms with Crippen molar-refractivity contribution < 1.29 is 9.90 Å². The fourth-order valence-electron chi connectivity index (χ4n) is 3.61. The third kappa shape index (κ3) is 4.43. The third-order valence-corrected chi connectivity index (χ3v) is 5.51. The molecule has 4 nitrogen and oxygen atoms in total. The van der Waals surface area contributed by atoms with Crippen molar-refractivity contribution in [2.75, 3.05) is 26.7 Å². The zero-order chi connectivity index (χ0) is 15.4. The standard InChI is InChI=1S/C17H32N2O2/c1-13-8-10-19(11-9-13)17(21)14(2)18(3)12-15-6-4-5-7-16(15)20/h13-16,20H,4-12H2,1-3H3. The van der Waals surface area contributed by atoms with Crippen LogP contribution in [-0.2, 0) is 4.79 Å². The Bertz CT molecular complexity index is 340. The molecule has 0 bridgehead atoms. The molecule has 3 atom stereocenters. The molecular weight excluding hydrogens is 264 g/mol. The highest BCUT2D eigenvalue weighted by Crippen LogP contribution is 2.25. The molecule has 4 heteroatoms. The average molecular weight is 296 g/mol. The molecule has 2 fully saturated rings. The van der Waals surface area contributed by atoms with E-state index >= 15 is 0 Å². The Balaban J connectivity index is 1.83. The van der Waals surface area contributed by atoms with E-state index < -0.39 is 0 Å². The van der Waals surface area contributed by atoms with E-state index in [9.17, 15) is 9.90 Å². The van der Waals surface area contributed by atoms with Gasteiger partial charge in [0.15, 0.2) is 0 Å². The molecule has 1 amide bonds. The quantitative estimate of drug-likeness (QED) is 0.864. The van der Waals surface area contributed by atoms with Gasteiger partial charge in [0.2, 0.25) is 5.91 Å². The number of carbonyl (C=O) groups excluding carboxylic acids is 1. The summed E-state index contributed by atoms with van der Waals surface area (Å²) in [4.78, 5) is 16.8. The smallest absolute Gasteiger partial charge is 0.239 e. The van der Waals surface area contributed by atoms with E-state index in [1.165, 1.54) is 6.42 Å². The van der Waals surface area contributed by atoms with Crippen LogP contribution in [0.4, 0.5) is 0 Å². The van der Waals surface area contributed by atoms with Gasteiger partial charge in [0, 0.05) is 19.6 Å². The van der Waals surface area contributed by atoms with Crippen molar-refractivity contribution in [2.45, 2.75) is 64.5 Å². The van der Waals surface area contributed by atoms with Gasteiger partial charge in [-0.2, -0.15) is 0 Å². The molecule has 0 spiro atoms. The van der Waals surface area contributed by atoms with E-state index in [0.717, 1.165) is 57.7 Å². The normalized spacial score (nSPS) is 29.7. The molecule has 1 saturated carbocycles. The molecule has 3 unspecified atom stereocenters. The van der Waals surface area contributed by atoms with Crippen molar-refractivity contribution in [3.63, 3.8) is 0 Å². The Morgan fingerprint density at radius 1 is 1.24 bits per heavy atom. The topological polar surface area (TPSA) is 43.8 Å². The molecule has 0 aromatic carbocycles. The van der Waals surface area contributed by atoms with E-state index in [0.29, 0.717) is 5.92 Å². The Morgan fingerprint density at radius 2 is 1.86 bits per heavy atom. The first-order chi connectivity index (χ1) is 9.99. The van der Waals surface area contributed by atoms with Crippen LogP contribution in [0.3, 0.4) is 0 Å². The lowest BCUT2D eigenvalue weighted by atomic mass is 9.86. The second kappa shape index (κ2) is 7.59. The summed E-state index contributed by atoms with van der Waals surface area (Å²) in [6, 6.07) is -0.0764. The number of aliphatic hydroxyl groups excluding tert-OH is 1. The van der Waals surface area contributed by atoms with Gasteiger partial charge in [0.05, 0.1) is 12.1 Å². The van der Waals surface area contributed by atoms with Crippen LogP contribution in [-0.4, -0.2) is 59.6 Å². The first kappa shape index (κ1) is 16.8. The largest absolute Gasteiger partial charge is 0.393 e. The van der Waals surface area contributed by atoms with E-state index in [-0.39, 0.29) is 18.1 Å². The van der Waals surface area contributed by atoms with Crippen LogP contribution in [0.1, 0.15) is 52.4 Å². The highest BCUT2D eigenvalue weighted by Gasteiger charge is 2.30. The maximum absolute atomic E-state index is 12.6. The average Bonchev–Trinajstić information content (AvgIpc) is 2.49. The summed E-state index contributed by atoms with van der Waals surface area (Å²) in [6.07, 6.45) is 6.44. The zero-order valence-corrected chi connectivity index (χ0v) is 13.9. The number of amides is 1. The molecule has 1 N–H and O–H groups in total. The maximum atomic E-state index is 12.6. The first-order valence-electron chi connectivity index (χ1n) is 8.66. The van der Waals surface area contributed by atoms with Crippen LogP contribution in [0, 0.1) is 11.8 Å². The molecule has 2 aliphatic rings. The molecule has 0 radical (unpaired) electrons. The molecule has 21 heavy (non-hydrogen) atoms. The van der Waals surface area contributed by atoms with Gasteiger partial charge in [0.25, 0.3) is 0 Å². The predicted molar refractivity (Wildman–Crippen MR) is 85.0 cm³/mol. The molecule has 0 aromatic rings. The van der Waals surface area contributed by atoms with E-state index in [2.05, 4.69) is 11.8 Å². The molecule has 0 aromatic heterocycles. The highest BCUT2D eigenvalue weighted by molar-refractivity contribution is 5.81. The number of hydrogen-bond donors (Lipinski definition) is 1. The van der Waals surface area contributed by atoms with Gasteiger partial charge in [-0.3, -0.25) is 9.69 Å². The van der Waals surface area contributed by atoms with E-state index in [4.69, 9.17) is 0 Å². The molecule has 1 saturated heterocycles. The molecular formula is C17H32N2O2. The minimum atomic E-state index is -0.181. The summed E-state index contributed by atoms with van der Waals surface area (Å²) in [6.45, 7) is 6.92. The van der Waals surface area contributed by atoms with Crippen molar-refractivity contribution in [3.05, 3.63) is 0 Å². The van der Waals surface area contributed by atoms with Crippen LogP contribution in [0.5, 0.6) is 0 Å². The maximum Gasteiger partial charge on any atom is 0.239 e. The Morgan fingerprint density at radius 3 is 2.48 bits per heavy atom. The summed E-state index contributed by atoms with van der Waals surface area (Å²) in [5.74, 6) is 1.34. The Kier molecular flexibility index (Phi) is 6.06. The monoisotopic (exact) mass is 296 g/mol. The van der Waals surface area contributed by atoms with Crippen molar-refractivity contribution in [1.29, 1.82) is 0 Å². The number of carbonyl (C=O) groups is 1. The van der Waals surface area contributed by atoms with Crippen molar-refractivity contribution in [1.82, 2.24) is 9.80 Å². The zero-order valence-electron chi connectivity index (χ0n) is 13.9. The number of likely N-dealkylation sites (tertiary alicyclic amines) is 1. The summed E-state index contributed by atoms with van der Waals surface area (Å²) >= 11 is 0. The fourth-order valence-corrected chi connectivity index (χ4v) is 3.61. The minimum Gasteiger partial charge on any atom is -0.393 e. The van der Waals surface area contributed by atoms with Gasteiger partial charge in [-0.1, -0.05) is 19.8 Å². The highest BCUT2D eigenvalue weighted by atomic mass is 16.3. The van der Waals surface area contributed by atoms with Crippen molar-refractivity contribution in [3.8, 4) is 0 Å². The van der Waals surface area contributed by atoms with Crippen LogP contribution in [0.2, 0.25) is 0 Å². The lowest BCUT2D eigenvalue weighted by Crippen LogP contribution is -2.50. The van der Waals surface area contributed by atoms with Crippen LogP contribution < -0.4 is 0 Å². The van der Waals surface area contributed by atoms with Crippen LogP contribution in [0.15, 0.2) is 0 Å². The van der Waals surface area contributed by atoms with Crippen molar-refractivity contribution in [2.24, 2.45) is 11.8 Å². The van der Waals surface area contributed by atoms with Crippen molar-refractivity contribution >= 4 is 5.91 Å². The van der Waals surface area contributed by atoms with Gasteiger partial charge in [0.1, 0.15) is 0 Å². The number of hydrogen-bond acceptors (Lipinski definition) is 3. The van der Waals surface area contributed by atoms with E-state index in [1.807, 2.05) is 18.9 Å². The predicted octanol–water partition coefficient (Wildman–Crippen LogP) is 2.12. The summed E-state index contributed by atoms with van der Waals surface area (Å²) < 4.78 is 0. The molecule has 2 rings (SSSR count). The summed E-state index contributed by atoms with van der Waals surface area (Å²) in [7, 11) is 2.02. The number of aliphatic hydroxyl groups is 1. The summed E-state index contributed by atoms with van der Waals surface area (Å²) in [5, 5.41) is 10.1. The lowest BCUT2D eigenvalue weighted by molar-refractivity contribution is -0.137. The molecule has 122 valence electrons. The van der Waals surface area contributed by atoms with Crippen LogP contribution in [0.25, 0.3) is 0 Å². The number of piperidine rings is 1. The Labute approximate surface area is 129 Å².